The summed E-state index contributed by atoms with van der Waals surface area (Å²) in [5, 5.41) is 55.2. The van der Waals surface area contributed by atoms with Crippen LogP contribution in [0.25, 0.3) is 0 Å². The zero-order valence-electron chi connectivity index (χ0n) is 66.6. The maximum Gasteiger partial charge on any atom is 0.338 e. The molecule has 7 fully saturated rings. The molecule has 0 radical (unpaired) electrons. The second-order valence-corrected chi connectivity index (χ2v) is 33.3. The van der Waals surface area contributed by atoms with E-state index in [-0.39, 0.29) is 71.9 Å². The van der Waals surface area contributed by atoms with E-state index in [9.17, 15) is 63.6 Å². The van der Waals surface area contributed by atoms with E-state index >= 15 is 9.59 Å². The van der Waals surface area contributed by atoms with Crippen LogP contribution < -0.4 is 10.6 Å². The fourth-order valence-electron chi connectivity index (χ4n) is 20.1. The van der Waals surface area contributed by atoms with Gasteiger partial charge in [-0.2, -0.15) is 0 Å². The second-order valence-electron chi connectivity index (χ2n) is 33.3. The fourth-order valence-corrected chi connectivity index (χ4v) is 20.1. The molecule has 1 spiro atoms. The predicted molar refractivity (Wildman–Crippen MR) is 402 cm³/mol. The molecule has 2 aliphatic heterocycles. The average molecular weight is 1570 g/mol. The molecule has 27 nitrogen and oxygen atoms in total. The summed E-state index contributed by atoms with van der Waals surface area (Å²) in [5.41, 5.74) is -9.48. The van der Waals surface area contributed by atoms with Crippen LogP contribution in [0.15, 0.2) is 144 Å². The Bertz CT molecular complexity index is 4430. The lowest BCUT2D eigenvalue weighted by Crippen LogP contribution is -2.78. The Balaban J connectivity index is 0.000000213. The quantitative estimate of drug-likeness (QED) is 0.0318. The van der Waals surface area contributed by atoms with Gasteiger partial charge in [0.2, 0.25) is 11.8 Å². The number of aliphatic hydroxyl groups excluding tert-OH is 2. The molecule has 22 atom stereocenters. The lowest BCUT2D eigenvalue weighted by molar-refractivity contribution is -0.323. The fraction of sp³-hybridized carbons (Fsp3) is 0.547. The summed E-state index contributed by atoms with van der Waals surface area (Å²) in [4.78, 5) is 146. The lowest BCUT2D eigenvalue weighted by Gasteiger charge is -2.68. The van der Waals surface area contributed by atoms with Gasteiger partial charge in [-0.1, -0.05) is 132 Å². The van der Waals surface area contributed by atoms with Crippen LogP contribution in [0, 0.1) is 44.8 Å². The molecule has 2 heterocycles. The van der Waals surface area contributed by atoms with Crippen LogP contribution >= 0.6 is 0 Å². The Labute approximate surface area is 656 Å². The highest BCUT2D eigenvalue weighted by Gasteiger charge is 2.85. The number of amides is 2. The highest BCUT2D eigenvalue weighted by molar-refractivity contribution is 5.98. The first-order valence-electron chi connectivity index (χ1n) is 38.1. The van der Waals surface area contributed by atoms with Gasteiger partial charge in [0, 0.05) is 88.8 Å². The van der Waals surface area contributed by atoms with Gasteiger partial charge >= 0.3 is 35.8 Å². The smallest absolute Gasteiger partial charge is 0.338 e. The Hall–Kier alpha value is -9.19. The van der Waals surface area contributed by atoms with Crippen molar-refractivity contribution in [2.45, 2.75) is 225 Å². The van der Waals surface area contributed by atoms with E-state index in [1.807, 2.05) is 6.92 Å². The minimum atomic E-state index is -2.22. The number of esters is 6. The lowest BCUT2D eigenvalue weighted by atomic mass is 9.42. The first kappa shape index (κ1) is 84.7. The van der Waals surface area contributed by atoms with E-state index in [1.165, 1.54) is 61.0 Å². The molecule has 4 bridgehead atoms. The molecule has 9 aliphatic rings. The van der Waals surface area contributed by atoms with Crippen molar-refractivity contribution < 1.29 is 121 Å². The van der Waals surface area contributed by atoms with Crippen molar-refractivity contribution in [1.82, 2.24) is 10.6 Å². The van der Waals surface area contributed by atoms with Crippen molar-refractivity contribution in [3.63, 3.8) is 0 Å². The molecule has 113 heavy (non-hydrogen) atoms. The van der Waals surface area contributed by atoms with Crippen molar-refractivity contribution in [3.8, 4) is 0 Å². The molecule has 13 rings (SSSR count). The van der Waals surface area contributed by atoms with Gasteiger partial charge in [0.1, 0.15) is 53.6 Å². The number of ether oxygens (including phenoxy) is 10. The van der Waals surface area contributed by atoms with Crippen molar-refractivity contribution in [2.75, 3.05) is 27.4 Å². The maximum absolute atomic E-state index is 15.4. The summed E-state index contributed by atoms with van der Waals surface area (Å²) >= 11 is 0. The second kappa shape index (κ2) is 31.9. The third-order valence-corrected chi connectivity index (χ3v) is 25.7. The Morgan fingerprint density at radius 2 is 0.912 bits per heavy atom. The van der Waals surface area contributed by atoms with Gasteiger partial charge in [0.25, 0.3) is 0 Å². The van der Waals surface area contributed by atoms with E-state index in [0.29, 0.717) is 35.1 Å². The van der Waals surface area contributed by atoms with Crippen LogP contribution in [0.4, 0.5) is 0 Å². The van der Waals surface area contributed by atoms with E-state index < -0.39 is 189 Å². The number of Topliss-reactive ketones (excluding diaryl/α,β-unsaturated/α-hetero) is 3. The molecule has 608 valence electrons. The summed E-state index contributed by atoms with van der Waals surface area (Å²) < 4.78 is 61.3. The van der Waals surface area contributed by atoms with Crippen molar-refractivity contribution in [1.29, 1.82) is 0 Å². The van der Waals surface area contributed by atoms with Gasteiger partial charge < -0.3 is 83.2 Å². The zero-order valence-corrected chi connectivity index (χ0v) is 66.6. The molecule has 4 aromatic rings. The summed E-state index contributed by atoms with van der Waals surface area (Å²) in [6, 6.07) is 31.0. The number of carbonyl (C=O) groups is 11. The molecule has 6 N–H and O–H groups in total. The van der Waals surface area contributed by atoms with Crippen molar-refractivity contribution in [3.05, 3.63) is 166 Å². The summed E-state index contributed by atoms with van der Waals surface area (Å²) in [6.45, 7) is 21.9. The van der Waals surface area contributed by atoms with E-state index in [1.54, 1.807) is 158 Å². The molecule has 2 saturated heterocycles. The van der Waals surface area contributed by atoms with E-state index in [2.05, 4.69) is 10.6 Å². The van der Waals surface area contributed by atoms with Gasteiger partial charge in [-0.05, 0) is 111 Å². The molecule has 0 aromatic heterocycles. The van der Waals surface area contributed by atoms with Gasteiger partial charge in [0.15, 0.2) is 35.5 Å². The summed E-state index contributed by atoms with van der Waals surface area (Å²) in [7, 11) is 2.95. The Morgan fingerprint density at radius 3 is 1.28 bits per heavy atom. The molecule has 2 amide bonds. The van der Waals surface area contributed by atoms with Crippen molar-refractivity contribution in [2.24, 2.45) is 44.8 Å². The van der Waals surface area contributed by atoms with Crippen LogP contribution in [0.5, 0.6) is 0 Å². The van der Waals surface area contributed by atoms with Crippen LogP contribution in [0.3, 0.4) is 0 Å². The summed E-state index contributed by atoms with van der Waals surface area (Å²) in [5.74, 6) is -9.28. The number of fused-ring (bicyclic) bond motifs is 9. The number of aliphatic hydroxyl groups is 4. The predicted octanol–water partition coefficient (Wildman–Crippen LogP) is 7.56. The van der Waals surface area contributed by atoms with Crippen LogP contribution in [0.2, 0.25) is 0 Å². The van der Waals surface area contributed by atoms with E-state index in [4.69, 9.17) is 47.4 Å². The first-order chi connectivity index (χ1) is 53.1. The molecule has 5 saturated carbocycles. The Kier molecular flexibility index (Phi) is 23.9. The Morgan fingerprint density at radius 1 is 0.496 bits per heavy atom. The summed E-state index contributed by atoms with van der Waals surface area (Å²) in [6.07, 6.45) is -13.5. The molecule has 27 heteroatoms. The number of carbonyl (C=O) groups excluding carboxylic acids is 11. The van der Waals surface area contributed by atoms with Gasteiger partial charge in [-0.25, -0.2) is 19.2 Å². The first-order valence-corrected chi connectivity index (χ1v) is 38.1. The zero-order chi connectivity index (χ0) is 82.8. The molecule has 7 aliphatic carbocycles. The minimum Gasteiger partial charge on any atom is -0.456 e. The normalized spacial score (nSPS) is 34.1. The highest BCUT2D eigenvalue weighted by Crippen LogP contribution is 2.75. The highest BCUT2D eigenvalue weighted by atomic mass is 16.6. The van der Waals surface area contributed by atoms with Gasteiger partial charge in [-0.3, -0.25) is 28.8 Å². The number of hydrogen-bond donors (Lipinski definition) is 6. The maximum atomic E-state index is 15.4. The van der Waals surface area contributed by atoms with E-state index in [0.717, 1.165) is 6.92 Å². The number of methoxy groups -OCH3 is 2. The third kappa shape index (κ3) is 14.7. The number of rotatable bonds is 18. The van der Waals surface area contributed by atoms with Crippen LogP contribution in [0.1, 0.15) is 173 Å². The largest absolute Gasteiger partial charge is 0.456 e. The van der Waals surface area contributed by atoms with Crippen LogP contribution in [-0.4, -0.2) is 197 Å². The number of nitrogens with one attached hydrogen (secondary N) is 2. The minimum absolute atomic E-state index is 0.146. The number of benzene rings is 4. The standard InChI is InChI=1S/C42H47NO13.C41H51NO11.C3H6O/c1-21-28(54-38(50)32(47)31(43-22(2)44)25-13-9-7-10-14-25)19-42(51)36(55-37(49)26-15-11-8-12-16-26)34-40(35(48)33(53-23(3)45)30(21)39(42,5)6)18-27(40)17-29-41(34,20-52-29)56-24(4)46;1-22-26(52-37(47)31(44)30(42-23(2)43)24-15-11-9-12-16-24)20-41(48)35(53-36(46)25-17-13-10-14-18-25)33-39(5)21-51-27(39)19-28(49-7)40(33,6)34(45)32(50-8)29(22)38(41,3)4;1-3(2)4/h7-16,27-29,31-34,36,47,51H,17-20H2,1-6H3,(H,43,44);9-18,26-28,30-33,35,44,48H,19-21H2,1-8H3,(H,42,43);1-2H3/t27-,28?,29-,31+,32-,33-,34+,36+,40-,41+,42-;26?,27-,28+,30+,31-,32-,33-,35+,39-,40-,41-;/m11./s1. The monoisotopic (exact) mass is 1560 g/mol. The third-order valence-electron chi connectivity index (χ3n) is 25.7. The molecule has 2 unspecified atom stereocenters. The van der Waals surface area contributed by atoms with Crippen molar-refractivity contribution >= 4 is 65.0 Å². The van der Waals surface area contributed by atoms with Gasteiger partial charge in [0.05, 0.1) is 60.0 Å². The molecular formula is C86H104N2O25. The van der Waals surface area contributed by atoms with Crippen LogP contribution in [-0.2, 0) is 90.5 Å². The molecular weight excluding hydrogens is 1460 g/mol. The average Bonchev–Trinajstić information content (AvgIpc) is 1.50. The van der Waals surface area contributed by atoms with Gasteiger partial charge in [-0.15, -0.1) is 0 Å². The SMILES string of the molecule is CC(=O)N[C@@H](c1ccccc1)[C@@H](O)C(=O)OC1C[C@@]2(O)[C@@H](OC(=O)c3ccccc3)[C@@H]3[C@]4(OC(C)=O)CO[C@@H]4C[C@@H]4C[C@@]43C(=O)[C@H](OC(C)=O)C(=C1C)C2(C)C.CC(C)=O.CO[C@H]1C(=O)[C@]2(C)[C@@H](OC)C[C@H]3OC[C@@]3(C)[C@H]2[C@H](OC(=O)c2ccccc2)[C@]2(O)CC(OC(=O)[C@H](O)[C@@H](NC(C)=O)c3ccccc3)C(C)=C1C2(C)C. The topological polar surface area (TPSA) is 385 Å². The number of hydrogen-bond acceptors (Lipinski definition) is 25. The molecule has 4 aromatic carbocycles. The number of ketones is 3.